The van der Waals surface area contributed by atoms with Crippen LogP contribution in [-0.2, 0) is 32.6 Å². The van der Waals surface area contributed by atoms with Gasteiger partial charge in [-0.15, -0.1) is 0 Å². The van der Waals surface area contributed by atoms with Gasteiger partial charge >= 0.3 is 0 Å². The molecule has 1 N–H and O–H groups in total. The molecule has 3 aromatic carbocycles. The van der Waals surface area contributed by atoms with E-state index in [-0.39, 0.29) is 42.8 Å². The van der Waals surface area contributed by atoms with Crippen LogP contribution in [0.25, 0.3) is 0 Å². The van der Waals surface area contributed by atoms with Gasteiger partial charge in [-0.05, 0) is 48.7 Å². The van der Waals surface area contributed by atoms with E-state index in [1.54, 1.807) is 24.3 Å². The van der Waals surface area contributed by atoms with Gasteiger partial charge in [0.15, 0.2) is 0 Å². The van der Waals surface area contributed by atoms with Gasteiger partial charge < -0.3 is 15.0 Å². The van der Waals surface area contributed by atoms with Crippen LogP contribution in [0.5, 0.6) is 5.75 Å². The van der Waals surface area contributed by atoms with Crippen molar-refractivity contribution in [2.75, 3.05) is 30.8 Å². The first-order chi connectivity index (χ1) is 19.5. The van der Waals surface area contributed by atoms with E-state index in [1.165, 1.54) is 22.4 Å². The quantitative estimate of drug-likeness (QED) is 0.263. The summed E-state index contributed by atoms with van der Waals surface area (Å²) >= 11 is 12.7. The number of carbonyl (C=O) groups excluding carboxylic acids is 2. The summed E-state index contributed by atoms with van der Waals surface area (Å²) in [5.41, 5.74) is 1.97. The van der Waals surface area contributed by atoms with E-state index in [0.29, 0.717) is 35.0 Å². The molecule has 2 amide bonds. The van der Waals surface area contributed by atoms with E-state index >= 15 is 0 Å². The largest absolute Gasteiger partial charge is 0.495 e. The van der Waals surface area contributed by atoms with Crippen molar-refractivity contribution in [3.63, 3.8) is 0 Å². The number of likely N-dealkylation sites (N-methyl/N-ethyl adjacent to an activating group) is 1. The van der Waals surface area contributed by atoms with E-state index in [9.17, 15) is 18.0 Å². The lowest BCUT2D eigenvalue weighted by Crippen LogP contribution is -2.50. The molecule has 0 saturated heterocycles. The average Bonchev–Trinajstić information content (AvgIpc) is 2.93. The van der Waals surface area contributed by atoms with Gasteiger partial charge in [0.2, 0.25) is 21.8 Å². The number of hydrogen-bond donors (Lipinski definition) is 1. The third-order valence-electron chi connectivity index (χ3n) is 6.50. The fourth-order valence-corrected chi connectivity index (χ4v) is 5.88. The average molecular weight is 621 g/mol. The summed E-state index contributed by atoms with van der Waals surface area (Å²) in [6.07, 6.45) is 1.62. The lowest BCUT2D eigenvalue weighted by Gasteiger charge is -2.32. The molecular formula is C30H35Cl2N3O5S. The standard InChI is InChI=1S/C30H35Cl2N3O5S/c1-4-33-30(37)27(19-22-11-6-5-7-12-22)34(21-23-13-8-9-14-25(23)31)29(36)15-10-18-35(41(3,38)39)24-16-17-28(40-2)26(32)20-24/h5-9,11-14,16-17,20,27H,4,10,15,18-19,21H2,1-3H3,(H,33,37)/t27-/m0/s1. The molecule has 0 spiro atoms. The summed E-state index contributed by atoms with van der Waals surface area (Å²) < 4.78 is 31.7. The Hall–Kier alpha value is -3.27. The van der Waals surface area contributed by atoms with Crippen molar-refractivity contribution >= 4 is 50.7 Å². The van der Waals surface area contributed by atoms with Crippen LogP contribution in [0.1, 0.15) is 30.9 Å². The molecule has 1 atom stereocenters. The summed E-state index contributed by atoms with van der Waals surface area (Å²) in [5, 5.41) is 3.61. The Morgan fingerprint density at radius 3 is 2.27 bits per heavy atom. The maximum Gasteiger partial charge on any atom is 0.243 e. The fraction of sp³-hybridized carbons (Fsp3) is 0.333. The van der Waals surface area contributed by atoms with Crippen molar-refractivity contribution in [3.8, 4) is 5.75 Å². The second-order valence-corrected chi connectivity index (χ2v) is 12.2. The Kier molecular flexibility index (Phi) is 11.9. The molecule has 8 nitrogen and oxygen atoms in total. The van der Waals surface area contributed by atoms with Gasteiger partial charge in [0.25, 0.3) is 0 Å². The minimum atomic E-state index is -3.68. The first kappa shape index (κ1) is 32.2. The Balaban J connectivity index is 1.87. The number of hydrogen-bond acceptors (Lipinski definition) is 5. The van der Waals surface area contributed by atoms with Crippen molar-refractivity contribution in [1.29, 1.82) is 0 Å². The maximum absolute atomic E-state index is 13.8. The zero-order chi connectivity index (χ0) is 30.0. The number of amides is 2. The van der Waals surface area contributed by atoms with Crippen molar-refractivity contribution in [2.24, 2.45) is 0 Å². The summed E-state index contributed by atoms with van der Waals surface area (Å²) in [6, 6.07) is 20.6. The lowest BCUT2D eigenvalue weighted by molar-refractivity contribution is -0.141. The summed E-state index contributed by atoms with van der Waals surface area (Å²) in [5.74, 6) is -0.148. The number of sulfonamides is 1. The molecule has 0 fully saturated rings. The smallest absolute Gasteiger partial charge is 0.243 e. The van der Waals surface area contributed by atoms with Gasteiger partial charge in [0.05, 0.1) is 24.1 Å². The highest BCUT2D eigenvalue weighted by atomic mass is 35.5. The lowest BCUT2D eigenvalue weighted by atomic mass is 10.0. The second kappa shape index (κ2) is 15.1. The van der Waals surface area contributed by atoms with Gasteiger partial charge in [-0.25, -0.2) is 8.42 Å². The van der Waals surface area contributed by atoms with Gasteiger partial charge in [0.1, 0.15) is 11.8 Å². The van der Waals surface area contributed by atoms with Crippen LogP contribution in [0.3, 0.4) is 0 Å². The molecule has 0 aromatic heterocycles. The molecule has 0 bridgehead atoms. The van der Waals surface area contributed by atoms with Crippen LogP contribution in [0.2, 0.25) is 10.0 Å². The molecular weight excluding hydrogens is 585 g/mol. The Bertz CT molecular complexity index is 1440. The predicted molar refractivity (Wildman–Crippen MR) is 164 cm³/mol. The van der Waals surface area contributed by atoms with E-state index in [0.717, 1.165) is 11.8 Å². The van der Waals surface area contributed by atoms with Crippen LogP contribution < -0.4 is 14.4 Å². The zero-order valence-electron chi connectivity index (χ0n) is 23.3. The summed E-state index contributed by atoms with van der Waals surface area (Å²) in [4.78, 5) is 28.6. The number of ether oxygens (including phenoxy) is 1. The summed E-state index contributed by atoms with van der Waals surface area (Å²) in [6.45, 7) is 2.39. The van der Waals surface area contributed by atoms with Crippen LogP contribution in [-0.4, -0.2) is 57.6 Å². The molecule has 11 heteroatoms. The van der Waals surface area contributed by atoms with E-state index in [1.807, 2.05) is 49.4 Å². The minimum Gasteiger partial charge on any atom is -0.495 e. The van der Waals surface area contributed by atoms with Crippen LogP contribution in [0.15, 0.2) is 72.8 Å². The maximum atomic E-state index is 13.8. The first-order valence-corrected chi connectivity index (χ1v) is 15.8. The third kappa shape index (κ3) is 9.11. The third-order valence-corrected chi connectivity index (χ3v) is 8.35. The number of carbonyl (C=O) groups is 2. The molecule has 0 aliphatic rings. The minimum absolute atomic E-state index is 0.00501. The summed E-state index contributed by atoms with van der Waals surface area (Å²) in [7, 11) is -2.20. The van der Waals surface area contributed by atoms with Crippen molar-refractivity contribution < 1.29 is 22.7 Å². The molecule has 0 unspecified atom stereocenters. The fourth-order valence-electron chi connectivity index (χ4n) is 4.47. The van der Waals surface area contributed by atoms with Gasteiger partial charge in [0, 0.05) is 37.5 Å². The van der Waals surface area contributed by atoms with Gasteiger partial charge in [-0.2, -0.15) is 0 Å². The molecule has 220 valence electrons. The first-order valence-electron chi connectivity index (χ1n) is 13.2. The molecule has 0 radical (unpaired) electrons. The van der Waals surface area contributed by atoms with Crippen LogP contribution >= 0.6 is 23.2 Å². The molecule has 0 saturated carbocycles. The van der Waals surface area contributed by atoms with Crippen molar-refractivity contribution in [3.05, 3.63) is 94.0 Å². The highest BCUT2D eigenvalue weighted by Gasteiger charge is 2.30. The number of nitrogens with one attached hydrogen (secondary N) is 1. The number of benzene rings is 3. The Morgan fingerprint density at radius 2 is 1.66 bits per heavy atom. The number of nitrogens with zero attached hydrogens (tertiary/aromatic N) is 2. The van der Waals surface area contributed by atoms with Crippen molar-refractivity contribution in [1.82, 2.24) is 10.2 Å². The number of anilines is 1. The van der Waals surface area contributed by atoms with Crippen molar-refractivity contribution in [2.45, 2.75) is 38.8 Å². The molecule has 0 heterocycles. The van der Waals surface area contributed by atoms with E-state index in [2.05, 4.69) is 5.32 Å². The van der Waals surface area contributed by atoms with E-state index < -0.39 is 16.1 Å². The SMILES string of the molecule is CCNC(=O)[C@H](Cc1ccccc1)N(Cc1ccccc1Cl)C(=O)CCCN(c1ccc(OC)c(Cl)c1)S(C)(=O)=O. The van der Waals surface area contributed by atoms with Gasteiger partial charge in [-0.1, -0.05) is 71.7 Å². The molecule has 3 rings (SSSR count). The highest BCUT2D eigenvalue weighted by molar-refractivity contribution is 7.92. The molecule has 41 heavy (non-hydrogen) atoms. The highest BCUT2D eigenvalue weighted by Crippen LogP contribution is 2.30. The van der Waals surface area contributed by atoms with Crippen LogP contribution in [0.4, 0.5) is 5.69 Å². The Labute approximate surface area is 252 Å². The Morgan fingerprint density at radius 1 is 0.976 bits per heavy atom. The van der Waals surface area contributed by atoms with Gasteiger partial charge in [-0.3, -0.25) is 13.9 Å². The van der Waals surface area contributed by atoms with Crippen LogP contribution in [0, 0.1) is 0 Å². The topological polar surface area (TPSA) is 96.0 Å². The predicted octanol–water partition coefficient (Wildman–Crippen LogP) is 5.32. The number of methoxy groups -OCH3 is 1. The second-order valence-electron chi connectivity index (χ2n) is 9.47. The molecule has 0 aliphatic carbocycles. The normalized spacial score (nSPS) is 11.9. The number of rotatable bonds is 14. The molecule has 0 aliphatic heterocycles. The molecule has 3 aromatic rings. The monoisotopic (exact) mass is 619 g/mol. The number of halogens is 2. The van der Waals surface area contributed by atoms with E-state index in [4.69, 9.17) is 27.9 Å². The zero-order valence-corrected chi connectivity index (χ0v) is 25.7.